The first kappa shape index (κ1) is 29.6. The molecule has 42 heavy (non-hydrogen) atoms. The molecule has 0 amide bonds. The number of hydrogen-bond acceptors (Lipinski definition) is 3. The molecule has 6 rings (SSSR count). The third kappa shape index (κ3) is 5.60. The number of aromatic nitrogens is 2. The van der Waals surface area contributed by atoms with Gasteiger partial charge in [-0.3, -0.25) is 0 Å². The first-order valence-electron chi connectivity index (χ1n) is 13.0. The zero-order chi connectivity index (χ0) is 30.4. The van der Waals surface area contributed by atoms with Crippen LogP contribution in [0.2, 0.25) is 5.02 Å². The van der Waals surface area contributed by atoms with Gasteiger partial charge in [0.25, 0.3) is 0 Å². The highest BCUT2D eigenvalue weighted by atomic mass is 35.5. The van der Waals surface area contributed by atoms with Crippen LogP contribution in [0.4, 0.5) is 13.2 Å². The third-order valence-corrected chi connectivity index (χ3v) is 7.91. The Bertz CT molecular complexity index is 2060. The smallest absolute Gasteiger partial charge is 0.485 e. The molecule has 0 aliphatic heterocycles. The summed E-state index contributed by atoms with van der Waals surface area (Å²) in [4.78, 5) is 0. The van der Waals surface area contributed by atoms with E-state index in [1.54, 1.807) is 0 Å². The second-order valence-electron chi connectivity index (χ2n) is 9.99. The van der Waals surface area contributed by atoms with Crippen molar-refractivity contribution in [1.29, 1.82) is 0 Å². The fourth-order valence-electron chi connectivity index (χ4n) is 5.34. The molecule has 6 aromatic rings. The van der Waals surface area contributed by atoms with Gasteiger partial charge in [0, 0.05) is 28.5 Å². The van der Waals surface area contributed by atoms with Gasteiger partial charge < -0.3 is 9.12 Å². The maximum Gasteiger partial charge on any atom is 0.485 e. The SMILES string of the molecule is CC[n+]1c2cc3cc(-c4ccccc4)n(-c4ccc(Cl)cc4)cc3cc2c2cc(C)cc(C)c21.O=S(=O)([O-])C(F)(F)F. The molecule has 0 fully saturated rings. The lowest BCUT2D eigenvalue weighted by Gasteiger charge is -2.16. The number of pyridine rings is 1. The molecule has 0 unspecified atom stereocenters. The summed E-state index contributed by atoms with van der Waals surface area (Å²) >= 11 is 6.20. The van der Waals surface area contributed by atoms with Gasteiger partial charge in [-0.05, 0) is 91.2 Å². The summed E-state index contributed by atoms with van der Waals surface area (Å²) in [6.07, 6.45) is 2.26. The van der Waals surface area contributed by atoms with Crippen LogP contribution in [0.3, 0.4) is 0 Å². The van der Waals surface area contributed by atoms with E-state index in [1.807, 2.05) is 12.1 Å². The van der Waals surface area contributed by atoms with E-state index in [-0.39, 0.29) is 0 Å². The van der Waals surface area contributed by atoms with Crippen LogP contribution in [0.5, 0.6) is 0 Å². The number of hydrogen-bond donors (Lipinski definition) is 0. The summed E-state index contributed by atoms with van der Waals surface area (Å²) in [5.74, 6) is 0. The van der Waals surface area contributed by atoms with E-state index in [0.29, 0.717) is 0 Å². The van der Waals surface area contributed by atoms with Crippen LogP contribution in [0, 0.1) is 13.8 Å². The summed E-state index contributed by atoms with van der Waals surface area (Å²) in [5, 5.41) is 5.85. The highest BCUT2D eigenvalue weighted by Gasteiger charge is 2.37. The molecule has 0 radical (unpaired) electrons. The fourth-order valence-corrected chi connectivity index (χ4v) is 5.47. The number of rotatable bonds is 3. The van der Waals surface area contributed by atoms with Crippen LogP contribution < -0.4 is 4.57 Å². The van der Waals surface area contributed by atoms with Gasteiger partial charge in [-0.2, -0.15) is 17.7 Å². The Labute approximate surface area is 246 Å². The third-order valence-electron chi connectivity index (χ3n) is 7.09. The molecule has 2 heterocycles. The molecule has 0 spiro atoms. The van der Waals surface area contributed by atoms with Crippen molar-refractivity contribution < 1.29 is 30.7 Å². The van der Waals surface area contributed by atoms with Crippen molar-refractivity contribution in [2.75, 3.05) is 0 Å². The summed E-state index contributed by atoms with van der Waals surface area (Å²) in [5.41, 5.74) is 3.05. The molecule has 0 aliphatic carbocycles. The maximum atomic E-state index is 10.7. The van der Waals surface area contributed by atoms with Gasteiger partial charge >= 0.3 is 5.51 Å². The zero-order valence-corrected chi connectivity index (χ0v) is 24.5. The molecular weight excluding hydrogens is 585 g/mol. The maximum absolute atomic E-state index is 10.7. The Morgan fingerprint density at radius 2 is 1.52 bits per heavy atom. The van der Waals surface area contributed by atoms with Crippen LogP contribution in [0.15, 0.2) is 91.1 Å². The molecule has 0 aliphatic rings. The molecule has 0 N–H and O–H groups in total. The lowest BCUT2D eigenvalue weighted by molar-refractivity contribution is -0.640. The van der Waals surface area contributed by atoms with Gasteiger partial charge in [0.05, 0.1) is 16.5 Å². The quantitative estimate of drug-likeness (QED) is 0.115. The molecule has 0 atom stereocenters. The number of halogens is 4. The van der Waals surface area contributed by atoms with Crippen LogP contribution in [-0.4, -0.2) is 23.0 Å². The highest BCUT2D eigenvalue weighted by molar-refractivity contribution is 7.86. The second-order valence-corrected chi connectivity index (χ2v) is 11.8. The van der Waals surface area contributed by atoms with E-state index in [2.05, 4.69) is 109 Å². The standard InChI is InChI=1S/C31H26ClN2.CHF3O3S/c1-4-33-30-18-23-17-29(22-8-6-5-7-9-22)34(26-12-10-25(32)11-13-26)19-24(23)16-27(30)28-15-20(2)14-21(3)31(28)33;2-1(3,4)8(5,6)7/h5-19H,4H2,1-3H3;(H,5,6,7)/q+1;/p-1. The monoisotopic (exact) mass is 610 g/mol. The van der Waals surface area contributed by atoms with E-state index in [0.717, 1.165) is 22.9 Å². The number of aryl methyl sites for hydroxylation is 3. The Kier molecular flexibility index (Phi) is 7.78. The van der Waals surface area contributed by atoms with Gasteiger partial charge in [0.2, 0.25) is 11.0 Å². The predicted octanol–water partition coefficient (Wildman–Crippen LogP) is 8.23. The summed E-state index contributed by atoms with van der Waals surface area (Å²) in [6.45, 7) is 7.58. The van der Waals surface area contributed by atoms with Crippen molar-refractivity contribution in [2.45, 2.75) is 32.8 Å². The normalized spacial score (nSPS) is 12.1. The van der Waals surface area contributed by atoms with E-state index >= 15 is 0 Å². The summed E-state index contributed by atoms with van der Waals surface area (Å²) < 4.78 is 63.6. The van der Waals surface area contributed by atoms with Crippen molar-refractivity contribution >= 4 is 54.3 Å². The number of fused-ring (bicyclic) bond motifs is 4. The van der Waals surface area contributed by atoms with E-state index in [4.69, 9.17) is 24.6 Å². The van der Waals surface area contributed by atoms with Crippen LogP contribution in [0.25, 0.3) is 49.5 Å². The molecular formula is C32H26ClF3N2O3S. The lowest BCUT2D eigenvalue weighted by atomic mass is 10.0. The Morgan fingerprint density at radius 1 is 0.881 bits per heavy atom. The van der Waals surface area contributed by atoms with Gasteiger partial charge in [0.15, 0.2) is 10.1 Å². The number of benzene rings is 4. The highest BCUT2D eigenvalue weighted by Crippen LogP contribution is 2.34. The molecule has 0 saturated heterocycles. The summed E-state index contributed by atoms with van der Waals surface area (Å²) in [7, 11) is -6.09. The number of nitrogens with zero attached hydrogens (tertiary/aromatic N) is 2. The van der Waals surface area contributed by atoms with Crippen molar-refractivity contribution in [3.05, 3.63) is 107 Å². The van der Waals surface area contributed by atoms with Crippen LogP contribution in [-0.2, 0) is 16.7 Å². The average Bonchev–Trinajstić information content (AvgIpc) is 3.24. The lowest BCUT2D eigenvalue weighted by Crippen LogP contribution is -2.31. The molecule has 10 heteroatoms. The number of alkyl halides is 3. The Balaban J connectivity index is 0.000000390. The zero-order valence-electron chi connectivity index (χ0n) is 22.9. The van der Waals surface area contributed by atoms with Gasteiger partial charge in [-0.1, -0.05) is 41.9 Å². The minimum absolute atomic E-state index is 0.742. The molecule has 0 bridgehead atoms. The van der Waals surface area contributed by atoms with Crippen molar-refractivity contribution in [3.8, 4) is 16.9 Å². The molecule has 5 nitrogen and oxygen atoms in total. The molecule has 2 aromatic heterocycles. The second kappa shape index (κ2) is 11.1. The van der Waals surface area contributed by atoms with Crippen molar-refractivity contribution in [1.82, 2.24) is 4.57 Å². The molecule has 216 valence electrons. The van der Waals surface area contributed by atoms with Crippen LogP contribution in [0.1, 0.15) is 18.1 Å². The average molecular weight is 611 g/mol. The fraction of sp³-hybridized carbons (Fsp3) is 0.156. The molecule has 0 saturated carbocycles. The van der Waals surface area contributed by atoms with Crippen molar-refractivity contribution in [3.63, 3.8) is 0 Å². The minimum Gasteiger partial charge on any atom is -0.741 e. The van der Waals surface area contributed by atoms with E-state index < -0.39 is 15.6 Å². The van der Waals surface area contributed by atoms with Gasteiger partial charge in [-0.15, -0.1) is 0 Å². The van der Waals surface area contributed by atoms with Gasteiger partial charge in [-0.25, -0.2) is 8.42 Å². The first-order chi connectivity index (χ1) is 19.8. The topological polar surface area (TPSA) is 66.0 Å². The summed E-state index contributed by atoms with van der Waals surface area (Å²) in [6, 6.07) is 30.3. The molecule has 4 aromatic carbocycles. The largest absolute Gasteiger partial charge is 0.741 e. The van der Waals surface area contributed by atoms with Gasteiger partial charge in [0.1, 0.15) is 6.54 Å². The van der Waals surface area contributed by atoms with Crippen LogP contribution >= 0.6 is 11.6 Å². The van der Waals surface area contributed by atoms with E-state index in [1.165, 1.54) is 49.3 Å². The van der Waals surface area contributed by atoms with Crippen molar-refractivity contribution in [2.24, 2.45) is 0 Å². The predicted molar refractivity (Wildman–Crippen MR) is 160 cm³/mol. The first-order valence-corrected chi connectivity index (χ1v) is 14.8. The van der Waals surface area contributed by atoms with E-state index in [9.17, 15) is 13.2 Å². The Morgan fingerprint density at radius 3 is 2.12 bits per heavy atom. The minimum atomic E-state index is -6.09. The Hall–Kier alpha value is -3.92.